The zero-order chi connectivity index (χ0) is 10.0. The molecule has 0 bridgehead atoms. The van der Waals surface area contributed by atoms with Gasteiger partial charge in [-0.3, -0.25) is 0 Å². The van der Waals surface area contributed by atoms with Gasteiger partial charge in [0.2, 0.25) is 0 Å². The molecule has 2 N–H and O–H groups in total. The van der Waals surface area contributed by atoms with E-state index < -0.39 is 0 Å². The van der Waals surface area contributed by atoms with Crippen molar-refractivity contribution in [1.29, 1.82) is 0 Å². The number of methoxy groups -OCH3 is 1. The van der Waals surface area contributed by atoms with Crippen molar-refractivity contribution in [3.8, 4) is 5.75 Å². The molecule has 13 heavy (non-hydrogen) atoms. The first-order valence-electron chi connectivity index (χ1n) is 4.47. The minimum atomic E-state index is 0.0864. The van der Waals surface area contributed by atoms with E-state index in [-0.39, 0.29) is 6.04 Å². The number of hydrogen-bond donors (Lipinski definition) is 1. The predicted octanol–water partition coefficient (Wildman–Crippen LogP) is 2.33. The molecule has 0 heterocycles. The summed E-state index contributed by atoms with van der Waals surface area (Å²) in [6.45, 7) is 6.07. The van der Waals surface area contributed by atoms with Crippen LogP contribution in [0.25, 0.3) is 0 Å². The second-order valence-electron chi connectivity index (χ2n) is 3.48. The van der Waals surface area contributed by atoms with Crippen LogP contribution in [0.2, 0.25) is 0 Å². The third kappa shape index (κ3) is 2.01. The quantitative estimate of drug-likeness (QED) is 0.756. The third-order valence-corrected chi connectivity index (χ3v) is 2.21. The molecule has 1 aromatic rings. The molecule has 0 fully saturated rings. The topological polar surface area (TPSA) is 35.2 Å². The minimum Gasteiger partial charge on any atom is -0.496 e. The lowest BCUT2D eigenvalue weighted by Gasteiger charge is -2.13. The van der Waals surface area contributed by atoms with Crippen LogP contribution in [0, 0.1) is 13.8 Å². The van der Waals surface area contributed by atoms with Gasteiger partial charge in [-0.05, 0) is 37.5 Å². The summed E-state index contributed by atoms with van der Waals surface area (Å²) in [4.78, 5) is 0. The van der Waals surface area contributed by atoms with E-state index in [4.69, 9.17) is 10.5 Å². The van der Waals surface area contributed by atoms with Gasteiger partial charge in [-0.25, -0.2) is 0 Å². The highest BCUT2D eigenvalue weighted by Crippen LogP contribution is 2.26. The molecule has 0 aromatic heterocycles. The lowest BCUT2D eigenvalue weighted by Crippen LogP contribution is -2.06. The minimum absolute atomic E-state index is 0.0864. The fourth-order valence-electron chi connectivity index (χ4n) is 1.57. The van der Waals surface area contributed by atoms with Crippen molar-refractivity contribution in [2.75, 3.05) is 7.11 Å². The van der Waals surface area contributed by atoms with Crippen molar-refractivity contribution in [1.82, 2.24) is 0 Å². The van der Waals surface area contributed by atoms with E-state index in [0.717, 1.165) is 22.4 Å². The van der Waals surface area contributed by atoms with Gasteiger partial charge in [0.1, 0.15) is 5.75 Å². The predicted molar refractivity (Wildman–Crippen MR) is 55.1 cm³/mol. The zero-order valence-corrected chi connectivity index (χ0v) is 8.72. The Morgan fingerprint density at radius 1 is 1.23 bits per heavy atom. The first kappa shape index (κ1) is 10.1. The van der Waals surface area contributed by atoms with Crippen LogP contribution in [-0.4, -0.2) is 7.11 Å². The van der Waals surface area contributed by atoms with Crippen molar-refractivity contribution in [3.63, 3.8) is 0 Å². The molecule has 0 saturated carbocycles. The molecule has 1 aromatic carbocycles. The third-order valence-electron chi connectivity index (χ3n) is 2.21. The summed E-state index contributed by atoms with van der Waals surface area (Å²) >= 11 is 0. The second kappa shape index (κ2) is 3.79. The van der Waals surface area contributed by atoms with Crippen molar-refractivity contribution in [3.05, 3.63) is 28.8 Å². The molecular formula is C11H17NO. The maximum atomic E-state index is 5.80. The summed E-state index contributed by atoms with van der Waals surface area (Å²) in [5.74, 6) is 0.962. The maximum absolute atomic E-state index is 5.80. The molecule has 0 aliphatic rings. The van der Waals surface area contributed by atoms with Crippen LogP contribution in [0.3, 0.4) is 0 Å². The molecule has 0 aliphatic carbocycles. The summed E-state index contributed by atoms with van der Waals surface area (Å²) < 4.78 is 5.27. The number of aryl methyl sites for hydroxylation is 2. The molecule has 72 valence electrons. The Morgan fingerprint density at radius 3 is 2.00 bits per heavy atom. The molecule has 0 spiro atoms. The van der Waals surface area contributed by atoms with Gasteiger partial charge in [-0.1, -0.05) is 12.1 Å². The van der Waals surface area contributed by atoms with Gasteiger partial charge >= 0.3 is 0 Å². The summed E-state index contributed by atoms with van der Waals surface area (Å²) in [6.07, 6.45) is 0. The largest absolute Gasteiger partial charge is 0.496 e. The number of ether oxygens (including phenoxy) is 1. The first-order chi connectivity index (χ1) is 6.06. The van der Waals surface area contributed by atoms with Gasteiger partial charge in [-0.2, -0.15) is 0 Å². The fraction of sp³-hybridized carbons (Fsp3) is 0.455. The highest BCUT2D eigenvalue weighted by molar-refractivity contribution is 5.43. The summed E-state index contributed by atoms with van der Waals surface area (Å²) in [7, 11) is 1.70. The van der Waals surface area contributed by atoms with Gasteiger partial charge in [0.05, 0.1) is 7.11 Å². The molecule has 2 heteroatoms. The Kier molecular flexibility index (Phi) is 2.94. The number of hydrogen-bond acceptors (Lipinski definition) is 2. The summed E-state index contributed by atoms with van der Waals surface area (Å²) in [5.41, 5.74) is 9.26. The summed E-state index contributed by atoms with van der Waals surface area (Å²) in [5, 5.41) is 0. The standard InChI is InChI=1S/C11H17NO/c1-7-5-10(9(3)12)6-8(2)11(7)13-4/h5-6,9H,12H2,1-4H3/t9-/m0/s1. The number of benzene rings is 1. The molecule has 0 saturated heterocycles. The van der Waals surface area contributed by atoms with Gasteiger partial charge in [0, 0.05) is 6.04 Å². The highest BCUT2D eigenvalue weighted by atomic mass is 16.5. The van der Waals surface area contributed by atoms with Crippen molar-refractivity contribution >= 4 is 0 Å². The zero-order valence-electron chi connectivity index (χ0n) is 8.72. The van der Waals surface area contributed by atoms with Gasteiger partial charge in [0.15, 0.2) is 0 Å². The maximum Gasteiger partial charge on any atom is 0.124 e. The lowest BCUT2D eigenvalue weighted by atomic mass is 10.0. The van der Waals surface area contributed by atoms with Crippen LogP contribution in [-0.2, 0) is 0 Å². The van der Waals surface area contributed by atoms with Crippen LogP contribution < -0.4 is 10.5 Å². The number of nitrogens with two attached hydrogens (primary N) is 1. The summed E-state index contributed by atoms with van der Waals surface area (Å²) in [6, 6.07) is 4.25. The van der Waals surface area contributed by atoms with E-state index >= 15 is 0 Å². The molecule has 2 nitrogen and oxygen atoms in total. The molecular weight excluding hydrogens is 162 g/mol. The van der Waals surface area contributed by atoms with Crippen molar-refractivity contribution < 1.29 is 4.74 Å². The highest BCUT2D eigenvalue weighted by Gasteiger charge is 2.06. The lowest BCUT2D eigenvalue weighted by molar-refractivity contribution is 0.408. The van der Waals surface area contributed by atoms with Crippen LogP contribution in [0.4, 0.5) is 0 Å². The Hall–Kier alpha value is -1.02. The monoisotopic (exact) mass is 179 g/mol. The molecule has 0 aliphatic heterocycles. The van der Waals surface area contributed by atoms with Crippen LogP contribution in [0.15, 0.2) is 12.1 Å². The average Bonchev–Trinajstić information content (AvgIpc) is 2.03. The molecule has 1 rings (SSSR count). The Morgan fingerprint density at radius 2 is 1.69 bits per heavy atom. The van der Waals surface area contributed by atoms with Crippen molar-refractivity contribution in [2.45, 2.75) is 26.8 Å². The van der Waals surface area contributed by atoms with Crippen LogP contribution in [0.1, 0.15) is 29.7 Å². The van der Waals surface area contributed by atoms with E-state index in [1.54, 1.807) is 7.11 Å². The normalized spacial score (nSPS) is 12.7. The Balaban J connectivity index is 3.20. The molecule has 0 unspecified atom stereocenters. The fourth-order valence-corrected chi connectivity index (χ4v) is 1.57. The smallest absolute Gasteiger partial charge is 0.124 e. The first-order valence-corrected chi connectivity index (χ1v) is 4.47. The Bertz CT molecular complexity index is 282. The van der Waals surface area contributed by atoms with E-state index in [1.165, 1.54) is 0 Å². The van der Waals surface area contributed by atoms with Crippen molar-refractivity contribution in [2.24, 2.45) is 5.73 Å². The molecule has 1 atom stereocenters. The van der Waals surface area contributed by atoms with Gasteiger partial charge in [-0.15, -0.1) is 0 Å². The van der Waals surface area contributed by atoms with E-state index in [0.29, 0.717) is 0 Å². The van der Waals surface area contributed by atoms with Gasteiger partial charge < -0.3 is 10.5 Å². The van der Waals surface area contributed by atoms with E-state index in [9.17, 15) is 0 Å². The van der Waals surface area contributed by atoms with E-state index in [2.05, 4.69) is 12.1 Å². The van der Waals surface area contributed by atoms with Crippen LogP contribution >= 0.6 is 0 Å². The number of rotatable bonds is 2. The second-order valence-corrected chi connectivity index (χ2v) is 3.48. The van der Waals surface area contributed by atoms with Crippen LogP contribution in [0.5, 0.6) is 5.75 Å². The average molecular weight is 179 g/mol. The van der Waals surface area contributed by atoms with E-state index in [1.807, 2.05) is 20.8 Å². The SMILES string of the molecule is COc1c(C)cc([C@H](C)N)cc1C. The molecule has 0 amide bonds. The Labute approximate surface area is 79.7 Å². The molecule has 0 radical (unpaired) electrons. The van der Waals surface area contributed by atoms with Gasteiger partial charge in [0.25, 0.3) is 0 Å².